The molecule has 208 valence electrons. The Morgan fingerprint density at radius 3 is 2.26 bits per heavy atom. The third-order valence-electron chi connectivity index (χ3n) is 5.97. The van der Waals surface area contributed by atoms with Crippen LogP contribution in [0.3, 0.4) is 0 Å². The molecule has 2 aromatic carbocycles. The summed E-state index contributed by atoms with van der Waals surface area (Å²) in [5.41, 5.74) is 0.530. The minimum absolute atomic E-state index is 0.0999. The third-order valence-corrected chi connectivity index (χ3v) is 7.71. The van der Waals surface area contributed by atoms with Crippen molar-refractivity contribution < 1.29 is 32.2 Å². The first-order valence-corrected chi connectivity index (χ1v) is 14.1. The highest BCUT2D eigenvalue weighted by Gasteiger charge is 2.32. The molecule has 2 amide bonds. The van der Waals surface area contributed by atoms with Crippen molar-refractivity contribution in [1.82, 2.24) is 10.2 Å². The molecule has 0 aromatic heterocycles. The summed E-state index contributed by atoms with van der Waals surface area (Å²) in [7, 11) is -2.29. The first-order valence-electron chi connectivity index (χ1n) is 12.5. The van der Waals surface area contributed by atoms with Gasteiger partial charge in [0, 0.05) is 18.2 Å². The zero-order valence-corrected chi connectivity index (χ0v) is 23.6. The number of methoxy groups -OCH3 is 1. The van der Waals surface area contributed by atoms with E-state index >= 15 is 0 Å². The van der Waals surface area contributed by atoms with Crippen molar-refractivity contribution in [2.45, 2.75) is 52.7 Å². The predicted molar refractivity (Wildman–Crippen MR) is 145 cm³/mol. The van der Waals surface area contributed by atoms with Crippen LogP contribution >= 0.6 is 0 Å². The fourth-order valence-corrected chi connectivity index (χ4v) is 4.94. The molecule has 2 aromatic rings. The number of hydrogen-bond acceptors (Lipinski definition) is 7. The number of amides is 2. The van der Waals surface area contributed by atoms with Gasteiger partial charge in [-0.1, -0.05) is 12.1 Å². The van der Waals surface area contributed by atoms with E-state index in [0.29, 0.717) is 30.5 Å². The van der Waals surface area contributed by atoms with Gasteiger partial charge in [0.15, 0.2) is 11.5 Å². The standard InChI is InChI=1S/C27H37N3O7S/c1-7-38(33,34)30(21-10-13-23-24(16-21)37-15-14-36-23)18-25(31)29(19(2)26(32)28-27(3,4)5)17-20-8-11-22(35-6)12-9-20/h8-13,16,19H,7,14-15,17-18H2,1-6H3,(H,28,32)/t19-/m1/s1. The van der Waals surface area contributed by atoms with Gasteiger partial charge in [-0.3, -0.25) is 13.9 Å². The van der Waals surface area contributed by atoms with Gasteiger partial charge < -0.3 is 24.4 Å². The Morgan fingerprint density at radius 2 is 1.68 bits per heavy atom. The van der Waals surface area contributed by atoms with E-state index in [-0.39, 0.29) is 23.9 Å². The van der Waals surface area contributed by atoms with Crippen LogP contribution in [-0.4, -0.2) is 69.3 Å². The molecule has 1 N–H and O–H groups in total. The lowest BCUT2D eigenvalue weighted by molar-refractivity contribution is -0.140. The molecule has 10 nitrogen and oxygen atoms in total. The molecule has 0 spiro atoms. The van der Waals surface area contributed by atoms with Crippen LogP contribution in [0.1, 0.15) is 40.2 Å². The minimum Gasteiger partial charge on any atom is -0.497 e. The minimum atomic E-state index is -3.85. The summed E-state index contributed by atoms with van der Waals surface area (Å²) in [5.74, 6) is 0.490. The number of rotatable bonds is 10. The zero-order chi connectivity index (χ0) is 28.1. The highest BCUT2D eigenvalue weighted by Crippen LogP contribution is 2.35. The summed E-state index contributed by atoms with van der Waals surface area (Å²) >= 11 is 0. The first-order chi connectivity index (χ1) is 17.8. The van der Waals surface area contributed by atoms with E-state index in [0.717, 1.165) is 9.87 Å². The fraction of sp³-hybridized carbons (Fsp3) is 0.481. The first kappa shape index (κ1) is 29.1. The lowest BCUT2D eigenvalue weighted by Gasteiger charge is -2.33. The number of nitrogens with one attached hydrogen (secondary N) is 1. The van der Waals surface area contributed by atoms with E-state index in [1.165, 1.54) is 11.8 Å². The second-order valence-electron chi connectivity index (χ2n) is 10.0. The molecule has 38 heavy (non-hydrogen) atoms. The second-order valence-corrected chi connectivity index (χ2v) is 12.2. The summed E-state index contributed by atoms with van der Waals surface area (Å²) in [6.07, 6.45) is 0. The number of hydrogen-bond donors (Lipinski definition) is 1. The van der Waals surface area contributed by atoms with Gasteiger partial charge in [0.25, 0.3) is 0 Å². The molecule has 1 atom stereocenters. The molecule has 11 heteroatoms. The summed E-state index contributed by atoms with van der Waals surface area (Å²) in [6, 6.07) is 11.0. The van der Waals surface area contributed by atoms with Gasteiger partial charge in [0.1, 0.15) is 31.5 Å². The van der Waals surface area contributed by atoms with Crippen LogP contribution in [0.2, 0.25) is 0 Å². The number of fused-ring (bicyclic) bond motifs is 1. The smallest absolute Gasteiger partial charge is 0.244 e. The third kappa shape index (κ3) is 7.31. The van der Waals surface area contributed by atoms with Gasteiger partial charge in [-0.05, 0) is 64.4 Å². The average molecular weight is 548 g/mol. The number of nitrogens with zero attached hydrogens (tertiary/aromatic N) is 2. The molecule has 0 saturated carbocycles. The topological polar surface area (TPSA) is 114 Å². The molecule has 3 rings (SSSR count). The monoisotopic (exact) mass is 547 g/mol. The lowest BCUT2D eigenvalue weighted by Crippen LogP contribution is -2.54. The molecule has 0 radical (unpaired) electrons. The average Bonchev–Trinajstić information content (AvgIpc) is 2.88. The molecular weight excluding hydrogens is 510 g/mol. The molecule has 0 bridgehead atoms. The van der Waals surface area contributed by atoms with Crippen molar-refractivity contribution in [3.8, 4) is 17.2 Å². The number of ether oxygens (including phenoxy) is 3. The molecule has 1 aliphatic heterocycles. The van der Waals surface area contributed by atoms with Crippen molar-refractivity contribution in [2.75, 3.05) is 36.9 Å². The van der Waals surface area contributed by atoms with E-state index in [2.05, 4.69) is 5.32 Å². The van der Waals surface area contributed by atoms with E-state index in [1.807, 2.05) is 20.8 Å². The summed E-state index contributed by atoms with van der Waals surface area (Å²) in [4.78, 5) is 28.2. The van der Waals surface area contributed by atoms with Gasteiger partial charge in [-0.15, -0.1) is 0 Å². The van der Waals surface area contributed by atoms with E-state index in [4.69, 9.17) is 14.2 Å². The number of carbonyl (C=O) groups excluding carboxylic acids is 2. The normalized spacial score (nSPS) is 13.8. The maximum Gasteiger partial charge on any atom is 0.244 e. The molecule has 1 aliphatic rings. The molecule has 0 unspecified atom stereocenters. The number of carbonyl (C=O) groups is 2. The maximum absolute atomic E-state index is 13.8. The molecular formula is C27H37N3O7S. The van der Waals surface area contributed by atoms with E-state index < -0.39 is 34.1 Å². The van der Waals surface area contributed by atoms with Crippen molar-refractivity contribution >= 4 is 27.5 Å². The second kappa shape index (κ2) is 11.9. The quantitative estimate of drug-likeness (QED) is 0.486. The van der Waals surface area contributed by atoms with Gasteiger partial charge >= 0.3 is 0 Å². The number of benzene rings is 2. The SMILES string of the molecule is CCS(=O)(=O)N(CC(=O)N(Cc1ccc(OC)cc1)[C@H](C)C(=O)NC(C)(C)C)c1ccc2c(c1)OCCO2. The molecule has 0 saturated heterocycles. The van der Waals surface area contributed by atoms with Crippen molar-refractivity contribution in [1.29, 1.82) is 0 Å². The van der Waals surface area contributed by atoms with E-state index in [9.17, 15) is 18.0 Å². The van der Waals surface area contributed by atoms with Crippen LogP contribution in [0.15, 0.2) is 42.5 Å². The van der Waals surface area contributed by atoms with Crippen LogP contribution in [0.4, 0.5) is 5.69 Å². The van der Waals surface area contributed by atoms with Crippen LogP contribution in [0.25, 0.3) is 0 Å². The Hall–Kier alpha value is -3.47. The molecule has 0 aliphatic carbocycles. The number of sulfonamides is 1. The van der Waals surface area contributed by atoms with Crippen molar-refractivity contribution in [3.63, 3.8) is 0 Å². The van der Waals surface area contributed by atoms with Gasteiger partial charge in [-0.2, -0.15) is 0 Å². The van der Waals surface area contributed by atoms with Crippen molar-refractivity contribution in [2.24, 2.45) is 0 Å². The Morgan fingerprint density at radius 1 is 1.05 bits per heavy atom. The Balaban J connectivity index is 1.95. The fourth-order valence-electron chi connectivity index (χ4n) is 3.89. The largest absolute Gasteiger partial charge is 0.497 e. The highest BCUT2D eigenvalue weighted by atomic mass is 32.2. The van der Waals surface area contributed by atoms with Gasteiger partial charge in [0.05, 0.1) is 18.6 Å². The van der Waals surface area contributed by atoms with Gasteiger partial charge in [0.2, 0.25) is 21.8 Å². The molecule has 1 heterocycles. The summed E-state index contributed by atoms with van der Waals surface area (Å²) < 4.78 is 43.7. The van der Waals surface area contributed by atoms with Crippen LogP contribution in [-0.2, 0) is 26.2 Å². The van der Waals surface area contributed by atoms with Gasteiger partial charge in [-0.25, -0.2) is 8.42 Å². The van der Waals surface area contributed by atoms with Crippen LogP contribution < -0.4 is 23.8 Å². The summed E-state index contributed by atoms with van der Waals surface area (Å²) in [6.45, 7) is 9.05. The predicted octanol–water partition coefficient (Wildman–Crippen LogP) is 2.95. The van der Waals surface area contributed by atoms with E-state index in [1.54, 1.807) is 56.5 Å². The summed E-state index contributed by atoms with van der Waals surface area (Å²) in [5, 5.41) is 2.90. The van der Waals surface area contributed by atoms with Crippen LogP contribution in [0, 0.1) is 0 Å². The molecule has 0 fully saturated rings. The number of anilines is 1. The Kier molecular flexibility index (Phi) is 9.14. The zero-order valence-electron chi connectivity index (χ0n) is 22.8. The van der Waals surface area contributed by atoms with Crippen LogP contribution in [0.5, 0.6) is 17.2 Å². The Bertz CT molecular complexity index is 1240. The lowest BCUT2D eigenvalue weighted by atomic mass is 10.1. The Labute approximate surface area is 224 Å². The maximum atomic E-state index is 13.8. The highest BCUT2D eigenvalue weighted by molar-refractivity contribution is 7.92. The van der Waals surface area contributed by atoms with Crippen molar-refractivity contribution in [3.05, 3.63) is 48.0 Å².